The van der Waals surface area contributed by atoms with Crippen LogP contribution in [0.2, 0.25) is 0 Å². The summed E-state index contributed by atoms with van der Waals surface area (Å²) in [5.74, 6) is 2.05. The molecule has 0 bridgehead atoms. The molecule has 116 valence electrons. The first-order valence-corrected chi connectivity index (χ1v) is 9.04. The number of guanidine groups is 1. The summed E-state index contributed by atoms with van der Waals surface area (Å²) in [4.78, 5) is 4.40. The third kappa shape index (κ3) is 3.96. The van der Waals surface area contributed by atoms with Crippen LogP contribution in [0.15, 0.2) is 4.99 Å². The maximum Gasteiger partial charge on any atom is 0.191 e. The molecule has 2 atom stereocenters. The maximum atomic E-state index is 4.40. The molecule has 5 heteroatoms. The van der Waals surface area contributed by atoms with Crippen molar-refractivity contribution in [3.05, 3.63) is 0 Å². The molecule has 0 saturated heterocycles. The van der Waals surface area contributed by atoms with Crippen molar-refractivity contribution < 1.29 is 0 Å². The van der Waals surface area contributed by atoms with Crippen LogP contribution in [0.3, 0.4) is 0 Å². The molecule has 3 rings (SSSR count). The van der Waals surface area contributed by atoms with E-state index in [1.54, 1.807) is 0 Å². The van der Waals surface area contributed by atoms with E-state index in [-0.39, 0.29) is 24.0 Å². The summed E-state index contributed by atoms with van der Waals surface area (Å²) in [6, 6.07) is 0.625. The van der Waals surface area contributed by atoms with Crippen LogP contribution in [-0.2, 0) is 0 Å². The first-order chi connectivity index (χ1) is 9.25. The molecule has 0 aromatic rings. The summed E-state index contributed by atoms with van der Waals surface area (Å²) >= 11 is 2.01. The van der Waals surface area contributed by atoms with Gasteiger partial charge in [-0.1, -0.05) is 0 Å². The summed E-state index contributed by atoms with van der Waals surface area (Å²) in [5.41, 5.74) is 0.648. The molecule has 3 aliphatic rings. The van der Waals surface area contributed by atoms with Gasteiger partial charge in [-0.25, -0.2) is 0 Å². The van der Waals surface area contributed by atoms with Crippen LogP contribution in [0.1, 0.15) is 44.9 Å². The predicted molar refractivity (Wildman–Crippen MR) is 99.2 cm³/mol. The van der Waals surface area contributed by atoms with Gasteiger partial charge in [-0.2, -0.15) is 11.8 Å². The summed E-state index contributed by atoms with van der Waals surface area (Å²) < 4.78 is 0. The fourth-order valence-corrected chi connectivity index (χ4v) is 4.32. The lowest BCUT2D eigenvalue weighted by molar-refractivity contribution is 0.429. The maximum absolute atomic E-state index is 4.40. The summed E-state index contributed by atoms with van der Waals surface area (Å²) in [5, 5.41) is 8.04. The van der Waals surface area contributed by atoms with E-state index in [1.165, 1.54) is 44.9 Å². The molecule has 0 heterocycles. The molecule has 0 spiro atoms. The fourth-order valence-electron chi connectivity index (χ4n) is 3.52. The van der Waals surface area contributed by atoms with E-state index in [9.17, 15) is 0 Å². The number of halogens is 1. The summed E-state index contributed by atoms with van der Waals surface area (Å²) in [7, 11) is 1.90. The molecule has 3 saturated carbocycles. The molecule has 2 unspecified atom stereocenters. The van der Waals surface area contributed by atoms with Gasteiger partial charge < -0.3 is 10.6 Å². The Balaban J connectivity index is 0.00000147. The van der Waals surface area contributed by atoms with E-state index in [1.807, 2.05) is 18.8 Å². The van der Waals surface area contributed by atoms with E-state index < -0.39 is 0 Å². The largest absolute Gasteiger partial charge is 0.356 e. The zero-order chi connectivity index (χ0) is 13.3. The van der Waals surface area contributed by atoms with Crippen LogP contribution in [-0.4, -0.2) is 37.1 Å². The molecule has 20 heavy (non-hydrogen) atoms. The van der Waals surface area contributed by atoms with E-state index in [4.69, 9.17) is 0 Å². The molecule has 3 aliphatic carbocycles. The van der Waals surface area contributed by atoms with Gasteiger partial charge in [0.2, 0.25) is 0 Å². The van der Waals surface area contributed by atoms with E-state index in [2.05, 4.69) is 21.9 Å². The Labute approximate surface area is 144 Å². The number of nitrogens with zero attached hydrogens (tertiary/aromatic N) is 1. The second kappa shape index (κ2) is 7.07. The van der Waals surface area contributed by atoms with Crippen LogP contribution in [0.25, 0.3) is 0 Å². The topological polar surface area (TPSA) is 36.4 Å². The van der Waals surface area contributed by atoms with Crippen LogP contribution < -0.4 is 10.6 Å². The lowest BCUT2D eigenvalue weighted by atomic mass is 10.0. The minimum atomic E-state index is 0. The number of hydrogen-bond acceptors (Lipinski definition) is 2. The van der Waals surface area contributed by atoms with Gasteiger partial charge >= 0.3 is 0 Å². The van der Waals surface area contributed by atoms with E-state index >= 15 is 0 Å². The molecule has 0 aromatic heterocycles. The minimum Gasteiger partial charge on any atom is -0.356 e. The van der Waals surface area contributed by atoms with E-state index in [0.717, 1.165) is 23.7 Å². The van der Waals surface area contributed by atoms with Gasteiger partial charge in [0.1, 0.15) is 0 Å². The highest BCUT2D eigenvalue weighted by Crippen LogP contribution is 2.60. The molecule has 0 aliphatic heterocycles. The van der Waals surface area contributed by atoms with Crippen molar-refractivity contribution >= 4 is 41.7 Å². The monoisotopic (exact) mass is 409 g/mol. The molecule has 3 nitrogen and oxygen atoms in total. The third-order valence-corrected chi connectivity index (χ3v) is 6.32. The number of thioether (sulfide) groups is 1. The quantitative estimate of drug-likeness (QED) is 0.416. The highest BCUT2D eigenvalue weighted by Gasteiger charge is 2.53. The number of hydrogen-bond donors (Lipinski definition) is 2. The zero-order valence-corrected chi connectivity index (χ0v) is 15.8. The van der Waals surface area contributed by atoms with Crippen molar-refractivity contribution in [3.63, 3.8) is 0 Å². The van der Waals surface area contributed by atoms with Crippen molar-refractivity contribution in [1.29, 1.82) is 0 Å². The van der Waals surface area contributed by atoms with Crippen molar-refractivity contribution in [2.24, 2.45) is 16.3 Å². The third-order valence-electron chi connectivity index (χ3n) is 5.23. The second-order valence-electron chi connectivity index (χ2n) is 6.57. The van der Waals surface area contributed by atoms with Gasteiger partial charge in [-0.15, -0.1) is 24.0 Å². The Bertz CT molecular complexity index is 353. The van der Waals surface area contributed by atoms with Crippen LogP contribution in [0, 0.1) is 11.3 Å². The Morgan fingerprint density at radius 3 is 2.50 bits per heavy atom. The number of rotatable bonds is 5. The lowest BCUT2D eigenvalue weighted by Crippen LogP contribution is -2.44. The SMILES string of the molecule is CN=C(NCC1(C2CC2)CC1)NC1CCC(SC)C1.I. The Kier molecular flexibility index (Phi) is 5.91. The number of nitrogens with one attached hydrogen (secondary N) is 2. The van der Waals surface area contributed by atoms with E-state index in [0.29, 0.717) is 11.5 Å². The average molecular weight is 409 g/mol. The molecule has 0 radical (unpaired) electrons. The van der Waals surface area contributed by atoms with Gasteiger partial charge in [0, 0.05) is 24.9 Å². The van der Waals surface area contributed by atoms with Crippen LogP contribution in [0.4, 0.5) is 0 Å². The Hall–Kier alpha value is 0.350. The highest BCUT2D eigenvalue weighted by atomic mass is 127. The zero-order valence-electron chi connectivity index (χ0n) is 12.7. The molecule has 0 amide bonds. The second-order valence-corrected chi connectivity index (χ2v) is 7.71. The van der Waals surface area contributed by atoms with Crippen molar-refractivity contribution in [3.8, 4) is 0 Å². The van der Waals surface area contributed by atoms with Gasteiger partial charge in [-0.3, -0.25) is 4.99 Å². The van der Waals surface area contributed by atoms with Crippen LogP contribution in [0.5, 0.6) is 0 Å². The average Bonchev–Trinajstić information content (AvgIpc) is 3.32. The van der Waals surface area contributed by atoms with Crippen molar-refractivity contribution in [2.75, 3.05) is 19.8 Å². The Morgan fingerprint density at radius 1 is 1.25 bits per heavy atom. The molecular weight excluding hydrogens is 381 g/mol. The van der Waals surface area contributed by atoms with Gasteiger partial charge in [0.05, 0.1) is 0 Å². The predicted octanol–water partition coefficient (Wildman–Crippen LogP) is 3.24. The van der Waals surface area contributed by atoms with Crippen molar-refractivity contribution in [1.82, 2.24) is 10.6 Å². The normalized spacial score (nSPS) is 31.6. The molecule has 0 aromatic carbocycles. The first-order valence-electron chi connectivity index (χ1n) is 7.76. The van der Waals surface area contributed by atoms with Gasteiger partial charge in [-0.05, 0) is 62.5 Å². The summed E-state index contributed by atoms with van der Waals surface area (Å²) in [6.07, 6.45) is 11.9. The fraction of sp³-hybridized carbons (Fsp3) is 0.933. The molecule has 3 fully saturated rings. The van der Waals surface area contributed by atoms with Crippen molar-refractivity contribution in [2.45, 2.75) is 56.2 Å². The minimum absolute atomic E-state index is 0. The standard InChI is InChI=1S/C15H27N3S.HI/c1-16-14(18-12-5-6-13(9-12)19-2)17-10-15(7-8-15)11-3-4-11;/h11-13H,3-10H2,1-2H3,(H2,16,17,18);1H. The molecule has 2 N–H and O–H groups in total. The Morgan fingerprint density at radius 2 is 2.00 bits per heavy atom. The van der Waals surface area contributed by atoms with Gasteiger partial charge in [0.25, 0.3) is 0 Å². The number of aliphatic imine (C=N–C) groups is 1. The lowest BCUT2D eigenvalue weighted by Gasteiger charge is -2.21. The smallest absolute Gasteiger partial charge is 0.191 e. The highest BCUT2D eigenvalue weighted by molar-refractivity contribution is 14.0. The van der Waals surface area contributed by atoms with Crippen LogP contribution >= 0.6 is 35.7 Å². The molecular formula is C15H28IN3S. The van der Waals surface area contributed by atoms with Gasteiger partial charge in [0.15, 0.2) is 5.96 Å². The summed E-state index contributed by atoms with van der Waals surface area (Å²) in [6.45, 7) is 1.13. The first kappa shape index (κ1) is 16.7.